The van der Waals surface area contributed by atoms with E-state index in [-0.39, 0.29) is 29.2 Å². The molecule has 0 aliphatic carbocycles. The summed E-state index contributed by atoms with van der Waals surface area (Å²) in [5, 5.41) is 2.69. The van der Waals surface area contributed by atoms with Gasteiger partial charge in [-0.2, -0.15) is 23.5 Å². The minimum absolute atomic E-state index is 0.0133. The van der Waals surface area contributed by atoms with Crippen molar-refractivity contribution >= 4 is 54.2 Å². The van der Waals surface area contributed by atoms with Crippen molar-refractivity contribution in [3.8, 4) is 0 Å². The summed E-state index contributed by atoms with van der Waals surface area (Å²) in [5.41, 5.74) is 0. The molecule has 2 aromatic rings. The predicted molar refractivity (Wildman–Crippen MR) is 325 cm³/mol. The molecule has 0 radical (unpaired) electrons. The van der Waals surface area contributed by atoms with Crippen LogP contribution in [-0.2, 0) is 23.5 Å². The van der Waals surface area contributed by atoms with Crippen molar-refractivity contribution in [2.24, 2.45) is 0 Å². The normalized spacial score (nSPS) is 13.3. The van der Waals surface area contributed by atoms with Crippen LogP contribution in [0.3, 0.4) is 0 Å². The fourth-order valence-electron chi connectivity index (χ4n) is 10.4. The van der Waals surface area contributed by atoms with Crippen LogP contribution in [0.2, 0.25) is 5.04 Å². The third-order valence-electron chi connectivity index (χ3n) is 14.8. The van der Waals surface area contributed by atoms with Crippen LogP contribution in [0.15, 0.2) is 60.7 Å². The Morgan fingerprint density at radius 3 is 1.29 bits per heavy atom. The summed E-state index contributed by atoms with van der Waals surface area (Å²) in [5.74, 6) is 4.17. The van der Waals surface area contributed by atoms with E-state index < -0.39 is 8.32 Å². The Labute approximate surface area is 461 Å². The zero-order valence-corrected chi connectivity index (χ0v) is 51.3. The van der Waals surface area contributed by atoms with Gasteiger partial charge >= 0.3 is 11.9 Å². The quantitative estimate of drug-likeness (QED) is 0.0369. The molecule has 2 rings (SSSR count). The van der Waals surface area contributed by atoms with Crippen LogP contribution in [0.1, 0.15) is 254 Å². The number of unbranched alkanes of at least 4 members (excludes halogenated alkanes) is 19. The lowest BCUT2D eigenvalue weighted by molar-refractivity contribution is -0.149. The molecule has 0 heterocycles. The van der Waals surface area contributed by atoms with Crippen LogP contribution in [-0.4, -0.2) is 86.6 Å². The van der Waals surface area contributed by atoms with Crippen LogP contribution < -0.4 is 10.4 Å². The lowest BCUT2D eigenvalue weighted by atomic mass is 10.0. The highest BCUT2D eigenvalue weighted by molar-refractivity contribution is 7.99. The lowest BCUT2D eigenvalue weighted by Crippen LogP contribution is -2.66. The molecule has 0 amide bonds. The molecule has 6 nitrogen and oxygen atoms in total. The molecule has 0 saturated carbocycles. The third-order valence-corrected chi connectivity index (χ3v) is 22.3. The summed E-state index contributed by atoms with van der Waals surface area (Å²) >= 11 is 4.00. The second-order valence-corrected chi connectivity index (χ2v) is 29.1. The topological polar surface area (TPSA) is 65.1 Å². The molecule has 0 fully saturated rings. The number of carbonyl (C=O) groups excluding carboxylic acids is 2. The van der Waals surface area contributed by atoms with Crippen molar-refractivity contribution in [1.82, 2.24) is 4.90 Å². The average Bonchev–Trinajstić information content (AvgIpc) is 3.38. The second kappa shape index (κ2) is 44.2. The largest absolute Gasteiger partial charge is 0.461 e. The van der Waals surface area contributed by atoms with Gasteiger partial charge in [-0.05, 0) is 118 Å². The molecule has 2 atom stereocenters. The monoisotopic (exact) mass is 1070 g/mol. The molecule has 73 heavy (non-hydrogen) atoms. The van der Waals surface area contributed by atoms with E-state index in [9.17, 15) is 9.59 Å². The summed E-state index contributed by atoms with van der Waals surface area (Å²) in [6.07, 6.45) is 36.7. The third kappa shape index (κ3) is 31.3. The number of benzene rings is 2. The second-order valence-electron chi connectivity index (χ2n) is 22.5. The molecule has 0 saturated heterocycles. The first-order valence-corrected chi connectivity index (χ1v) is 34.7. The van der Waals surface area contributed by atoms with Crippen LogP contribution in [0.25, 0.3) is 0 Å². The number of hydrogen-bond donors (Lipinski definition) is 0. The van der Waals surface area contributed by atoms with Crippen molar-refractivity contribution in [2.75, 3.05) is 43.2 Å². The number of hydrogen-bond acceptors (Lipinski definition) is 8. The van der Waals surface area contributed by atoms with Gasteiger partial charge in [0.15, 0.2) is 0 Å². The summed E-state index contributed by atoms with van der Waals surface area (Å²) in [6, 6.07) is 22.7. The van der Waals surface area contributed by atoms with Crippen molar-refractivity contribution < 1.29 is 23.5 Å². The highest BCUT2D eigenvalue weighted by atomic mass is 32.2. The maximum Gasteiger partial charge on any atom is 0.306 e. The van der Waals surface area contributed by atoms with Gasteiger partial charge in [0.25, 0.3) is 8.32 Å². The zero-order chi connectivity index (χ0) is 53.1. The first-order valence-electron chi connectivity index (χ1n) is 30.5. The minimum Gasteiger partial charge on any atom is -0.461 e. The van der Waals surface area contributed by atoms with Crippen LogP contribution in [0.4, 0.5) is 0 Å². The van der Waals surface area contributed by atoms with Crippen LogP contribution in [0, 0.1) is 0 Å². The fourth-order valence-corrected chi connectivity index (χ4v) is 17.1. The standard InChI is InChI=1S/C64H113NO5S2Si/c1-9-13-17-21-35-49-62(66)69-58(43-29-19-15-11-3)55-71-53-39-25-27-41-57(42-28-26-40-54-72-56-59(44-30-20-16-12-4)70-63(67)50-36-22-18-14-10-2)65(8)51-37-38-52-68-73(64(5,6)7,60-45-31-23-32-46-60)61-47-33-24-34-48-61/h23-24,31-34,45-48,57-59H,9-22,25-30,35-44,49-56H2,1-8H3. The van der Waals surface area contributed by atoms with E-state index in [2.05, 4.69) is 121 Å². The maximum atomic E-state index is 12.8. The number of ether oxygens (including phenoxy) is 2. The highest BCUT2D eigenvalue weighted by Gasteiger charge is 2.50. The first-order chi connectivity index (χ1) is 35.5. The Hall–Kier alpha value is -1.78. The average molecular weight is 1070 g/mol. The van der Waals surface area contributed by atoms with Crippen molar-refractivity contribution in [3.63, 3.8) is 0 Å². The lowest BCUT2D eigenvalue weighted by Gasteiger charge is -2.43. The number of esters is 2. The van der Waals surface area contributed by atoms with E-state index in [0.29, 0.717) is 18.9 Å². The fraction of sp³-hybridized carbons (Fsp3) is 0.781. The zero-order valence-electron chi connectivity index (χ0n) is 48.7. The Morgan fingerprint density at radius 1 is 0.493 bits per heavy atom. The molecule has 0 bridgehead atoms. The van der Waals surface area contributed by atoms with Gasteiger partial charge in [0, 0.05) is 37.0 Å². The van der Waals surface area contributed by atoms with E-state index in [4.69, 9.17) is 13.9 Å². The molecular formula is C64H113NO5S2Si. The Morgan fingerprint density at radius 2 is 0.877 bits per heavy atom. The molecule has 0 aliphatic rings. The molecule has 0 N–H and O–H groups in total. The van der Waals surface area contributed by atoms with E-state index >= 15 is 0 Å². The molecule has 0 spiro atoms. The highest BCUT2D eigenvalue weighted by Crippen LogP contribution is 2.37. The molecular weight excluding hydrogens is 955 g/mol. The smallest absolute Gasteiger partial charge is 0.306 e. The predicted octanol–water partition coefficient (Wildman–Crippen LogP) is 17.7. The van der Waals surface area contributed by atoms with E-state index in [1.54, 1.807) is 0 Å². The van der Waals surface area contributed by atoms with Crippen molar-refractivity contribution in [1.29, 1.82) is 0 Å². The summed E-state index contributed by atoms with van der Waals surface area (Å²) in [4.78, 5) is 28.2. The number of nitrogens with zero attached hydrogens (tertiary/aromatic N) is 1. The minimum atomic E-state index is -2.54. The first kappa shape index (κ1) is 67.3. The summed E-state index contributed by atoms with van der Waals surface area (Å²) in [6.45, 7) is 18.0. The van der Waals surface area contributed by atoms with Crippen LogP contribution >= 0.6 is 23.5 Å². The summed E-state index contributed by atoms with van der Waals surface area (Å²) in [7, 11) is -0.163. The number of carbonyl (C=O) groups is 2. The Bertz CT molecular complexity index is 1480. The van der Waals surface area contributed by atoms with Gasteiger partial charge < -0.3 is 18.8 Å². The Balaban J connectivity index is 1.97. The number of thioether (sulfide) groups is 2. The Kier molecular flexibility index (Phi) is 40.8. The van der Waals surface area contributed by atoms with Gasteiger partial charge in [0.1, 0.15) is 12.2 Å². The van der Waals surface area contributed by atoms with E-state index in [1.165, 1.54) is 139 Å². The molecule has 0 aromatic heterocycles. The molecule has 2 unspecified atom stereocenters. The van der Waals surface area contributed by atoms with Gasteiger partial charge in [0.2, 0.25) is 0 Å². The summed E-state index contributed by atoms with van der Waals surface area (Å²) < 4.78 is 19.5. The van der Waals surface area contributed by atoms with Crippen LogP contribution in [0.5, 0.6) is 0 Å². The van der Waals surface area contributed by atoms with Gasteiger partial charge in [-0.1, -0.05) is 225 Å². The van der Waals surface area contributed by atoms with Gasteiger partial charge in [0.05, 0.1) is 0 Å². The molecule has 0 aliphatic heterocycles. The van der Waals surface area contributed by atoms with E-state index in [1.807, 2.05) is 23.5 Å². The molecule has 9 heteroatoms. The van der Waals surface area contributed by atoms with Crippen molar-refractivity contribution in [2.45, 2.75) is 277 Å². The number of rotatable bonds is 49. The van der Waals surface area contributed by atoms with Gasteiger partial charge in [-0.3, -0.25) is 9.59 Å². The SMILES string of the molecule is CCCCCCCC(=O)OC(CCCCCC)CSCCCCCC(CCCCCSCC(CCCCCC)OC(=O)CCCCCCC)N(C)CCCCO[Si](c1ccccc1)(c1ccccc1)C(C)(C)C. The van der Waals surface area contributed by atoms with Crippen molar-refractivity contribution in [3.05, 3.63) is 60.7 Å². The van der Waals surface area contributed by atoms with Gasteiger partial charge in [-0.25, -0.2) is 0 Å². The molecule has 2 aromatic carbocycles. The van der Waals surface area contributed by atoms with E-state index in [0.717, 1.165) is 100 Å². The maximum absolute atomic E-state index is 12.8. The molecule has 420 valence electrons. The van der Waals surface area contributed by atoms with Gasteiger partial charge in [-0.15, -0.1) is 0 Å².